The Kier molecular flexibility index (Phi) is 3.66. The minimum atomic E-state index is -0.776. The molecule has 0 saturated carbocycles. The summed E-state index contributed by atoms with van der Waals surface area (Å²) in [6.07, 6.45) is 1.14. The Balaban J connectivity index is 2.50. The van der Waals surface area contributed by atoms with Crippen LogP contribution in [-0.4, -0.2) is 4.92 Å². The summed E-state index contributed by atoms with van der Waals surface area (Å²) in [5, 5.41) is 11.0. The average Bonchev–Trinajstić information content (AvgIpc) is 2.35. The van der Waals surface area contributed by atoms with Crippen LogP contribution < -0.4 is 0 Å². The first kappa shape index (κ1) is 12.9. The van der Waals surface area contributed by atoms with Gasteiger partial charge in [0.1, 0.15) is 11.6 Å². The largest absolute Gasteiger partial charge is 0.277 e. The van der Waals surface area contributed by atoms with E-state index in [-0.39, 0.29) is 11.3 Å². The Bertz CT molecular complexity index is 619. The fourth-order valence-electron chi connectivity index (χ4n) is 1.67. The van der Waals surface area contributed by atoms with E-state index in [4.69, 9.17) is 0 Å². The maximum atomic E-state index is 13.0. The molecular weight excluding hydrogens is 252 g/mol. The summed E-state index contributed by atoms with van der Waals surface area (Å²) in [4.78, 5) is 10.4. The van der Waals surface area contributed by atoms with Crippen LogP contribution in [0.5, 0.6) is 0 Å². The van der Waals surface area contributed by atoms with E-state index in [0.717, 1.165) is 18.2 Å². The highest BCUT2D eigenvalue weighted by Crippen LogP contribution is 2.19. The molecule has 0 saturated heterocycles. The molecule has 19 heavy (non-hydrogen) atoms. The van der Waals surface area contributed by atoms with Gasteiger partial charge < -0.3 is 0 Å². The highest BCUT2D eigenvalue weighted by atomic mass is 19.1. The normalized spacial score (nSPS) is 11.4. The van der Waals surface area contributed by atoms with Crippen LogP contribution in [0.3, 0.4) is 0 Å². The molecule has 5 heteroatoms. The fraction of sp³-hybridized carbons (Fsp3) is 0. The average molecular weight is 261 g/mol. The summed E-state index contributed by atoms with van der Waals surface area (Å²) in [6.45, 7) is 0. The van der Waals surface area contributed by atoms with Crippen molar-refractivity contribution < 1.29 is 13.7 Å². The van der Waals surface area contributed by atoms with Gasteiger partial charge in [0.15, 0.2) is 0 Å². The van der Waals surface area contributed by atoms with Crippen molar-refractivity contribution in [3.8, 4) is 0 Å². The quantitative estimate of drug-likeness (QED) is 0.480. The second kappa shape index (κ2) is 5.39. The van der Waals surface area contributed by atoms with Crippen LogP contribution in [-0.2, 0) is 0 Å². The van der Waals surface area contributed by atoms with Gasteiger partial charge in [-0.2, -0.15) is 0 Å². The van der Waals surface area contributed by atoms with E-state index in [2.05, 4.69) is 0 Å². The summed E-state index contributed by atoms with van der Waals surface area (Å²) in [5.74, 6) is -1.55. The minimum Gasteiger partial charge on any atom is -0.258 e. The molecule has 0 aliphatic carbocycles. The van der Waals surface area contributed by atoms with Gasteiger partial charge in [-0.25, -0.2) is 8.78 Å². The SMILES string of the molecule is O=[N+]([O-])/C(=C/c1cc(F)cc(F)c1)c1ccccc1. The van der Waals surface area contributed by atoms with E-state index < -0.39 is 16.6 Å². The van der Waals surface area contributed by atoms with Crippen molar-refractivity contribution in [2.24, 2.45) is 0 Å². The Morgan fingerprint density at radius 2 is 1.63 bits per heavy atom. The maximum absolute atomic E-state index is 13.0. The number of nitrogens with zero attached hydrogens (tertiary/aromatic N) is 1. The van der Waals surface area contributed by atoms with Crippen molar-refractivity contribution >= 4 is 11.8 Å². The molecule has 0 fully saturated rings. The van der Waals surface area contributed by atoms with Crippen LogP contribution in [0, 0.1) is 21.7 Å². The molecule has 0 unspecified atom stereocenters. The molecule has 0 aliphatic rings. The first-order chi connectivity index (χ1) is 9.06. The molecule has 2 aromatic rings. The highest BCUT2D eigenvalue weighted by molar-refractivity contribution is 5.76. The summed E-state index contributed by atoms with van der Waals surface area (Å²) in [7, 11) is 0. The summed E-state index contributed by atoms with van der Waals surface area (Å²) < 4.78 is 26.1. The van der Waals surface area contributed by atoms with Crippen LogP contribution in [0.2, 0.25) is 0 Å². The number of halogens is 2. The molecule has 0 aromatic heterocycles. The van der Waals surface area contributed by atoms with Gasteiger partial charge in [0.2, 0.25) is 0 Å². The zero-order valence-electron chi connectivity index (χ0n) is 9.72. The summed E-state index contributed by atoms with van der Waals surface area (Å²) in [6, 6.07) is 10.9. The summed E-state index contributed by atoms with van der Waals surface area (Å²) in [5.41, 5.74) is 0.260. The van der Waals surface area contributed by atoms with E-state index in [1.807, 2.05) is 0 Å². The van der Waals surface area contributed by atoms with Gasteiger partial charge in [0.25, 0.3) is 5.70 Å². The van der Waals surface area contributed by atoms with Crippen molar-refractivity contribution in [1.82, 2.24) is 0 Å². The molecule has 2 rings (SSSR count). The van der Waals surface area contributed by atoms with Crippen molar-refractivity contribution in [3.05, 3.63) is 81.4 Å². The molecule has 0 radical (unpaired) electrons. The lowest BCUT2D eigenvalue weighted by Gasteiger charge is -2.00. The van der Waals surface area contributed by atoms with Gasteiger partial charge >= 0.3 is 0 Å². The van der Waals surface area contributed by atoms with Crippen LogP contribution in [0.15, 0.2) is 48.5 Å². The predicted octanol–water partition coefficient (Wildman–Crippen LogP) is 3.74. The summed E-state index contributed by atoms with van der Waals surface area (Å²) >= 11 is 0. The zero-order chi connectivity index (χ0) is 13.8. The molecule has 96 valence electrons. The molecule has 2 aromatic carbocycles. The molecule has 0 spiro atoms. The van der Waals surface area contributed by atoms with Crippen LogP contribution in [0.4, 0.5) is 8.78 Å². The van der Waals surface area contributed by atoms with E-state index >= 15 is 0 Å². The Labute approximate surface area is 108 Å². The Morgan fingerprint density at radius 1 is 1.05 bits per heavy atom. The van der Waals surface area contributed by atoms with Gasteiger partial charge in [-0.3, -0.25) is 10.1 Å². The van der Waals surface area contributed by atoms with Gasteiger partial charge in [-0.05, 0) is 29.8 Å². The third kappa shape index (κ3) is 3.22. The molecule has 3 nitrogen and oxygen atoms in total. The third-order valence-electron chi connectivity index (χ3n) is 2.45. The molecule has 0 aliphatic heterocycles. The van der Waals surface area contributed by atoms with E-state index in [0.29, 0.717) is 11.6 Å². The number of benzene rings is 2. The minimum absolute atomic E-state index is 0.105. The zero-order valence-corrected chi connectivity index (χ0v) is 9.72. The smallest absolute Gasteiger partial charge is 0.258 e. The van der Waals surface area contributed by atoms with Gasteiger partial charge in [0.05, 0.1) is 10.5 Å². The Morgan fingerprint density at radius 3 is 2.16 bits per heavy atom. The first-order valence-electron chi connectivity index (χ1n) is 5.44. The van der Waals surface area contributed by atoms with Crippen molar-refractivity contribution in [1.29, 1.82) is 0 Å². The molecule has 0 N–H and O–H groups in total. The molecular formula is C14H9F2NO2. The Hall–Kier alpha value is -2.56. The van der Waals surface area contributed by atoms with E-state index in [9.17, 15) is 18.9 Å². The molecule has 0 heterocycles. The first-order valence-corrected chi connectivity index (χ1v) is 5.44. The second-order valence-electron chi connectivity index (χ2n) is 3.86. The predicted molar refractivity (Wildman–Crippen MR) is 67.7 cm³/mol. The van der Waals surface area contributed by atoms with Gasteiger partial charge in [-0.1, -0.05) is 18.2 Å². The lowest BCUT2D eigenvalue weighted by Crippen LogP contribution is -1.97. The number of hydrogen-bond donors (Lipinski definition) is 0. The van der Waals surface area contributed by atoms with Gasteiger partial charge in [-0.15, -0.1) is 0 Å². The van der Waals surface area contributed by atoms with E-state index in [1.54, 1.807) is 30.3 Å². The second-order valence-corrected chi connectivity index (χ2v) is 3.86. The standard InChI is InChI=1S/C14H9F2NO2/c15-12-6-10(7-13(16)9-12)8-14(17(18)19)11-4-2-1-3-5-11/h1-9H/b14-8+. The van der Waals surface area contributed by atoms with Crippen LogP contribution >= 0.6 is 0 Å². The van der Waals surface area contributed by atoms with Crippen LogP contribution in [0.25, 0.3) is 11.8 Å². The number of nitro groups is 1. The maximum Gasteiger partial charge on any atom is 0.277 e. The molecule has 0 atom stereocenters. The molecule has 0 amide bonds. The van der Waals surface area contributed by atoms with Crippen molar-refractivity contribution in [2.75, 3.05) is 0 Å². The monoisotopic (exact) mass is 261 g/mol. The van der Waals surface area contributed by atoms with E-state index in [1.165, 1.54) is 0 Å². The number of hydrogen-bond acceptors (Lipinski definition) is 2. The third-order valence-corrected chi connectivity index (χ3v) is 2.45. The fourth-order valence-corrected chi connectivity index (χ4v) is 1.67. The lowest BCUT2D eigenvalue weighted by molar-refractivity contribution is -0.374. The van der Waals surface area contributed by atoms with Crippen molar-refractivity contribution in [2.45, 2.75) is 0 Å². The van der Waals surface area contributed by atoms with Crippen LogP contribution in [0.1, 0.15) is 11.1 Å². The molecule has 0 bridgehead atoms. The van der Waals surface area contributed by atoms with Crippen molar-refractivity contribution in [3.63, 3.8) is 0 Å². The number of rotatable bonds is 3. The van der Waals surface area contributed by atoms with Gasteiger partial charge in [0, 0.05) is 12.1 Å². The highest BCUT2D eigenvalue weighted by Gasteiger charge is 2.14. The topological polar surface area (TPSA) is 43.1 Å². The lowest BCUT2D eigenvalue weighted by atomic mass is 10.1.